The molecule has 0 aliphatic carbocycles. The van der Waals surface area contributed by atoms with Gasteiger partial charge in [-0.2, -0.15) is 0 Å². The van der Waals surface area contributed by atoms with E-state index in [1.54, 1.807) is 12.3 Å². The van der Waals surface area contributed by atoms with Gasteiger partial charge in [0.25, 0.3) is 0 Å². The molecule has 0 fully saturated rings. The first-order chi connectivity index (χ1) is 18.5. The molecule has 39 heavy (non-hydrogen) atoms. The fourth-order valence-corrected chi connectivity index (χ4v) is 3.49. The molecule has 3 nitrogen and oxygen atoms in total. The summed E-state index contributed by atoms with van der Waals surface area (Å²) in [5, 5.41) is 0. The third-order valence-corrected chi connectivity index (χ3v) is 5.48. The summed E-state index contributed by atoms with van der Waals surface area (Å²) in [6.07, 6.45) is 5.67. The van der Waals surface area contributed by atoms with Crippen LogP contribution in [0.1, 0.15) is 84.7 Å². The molecule has 1 heterocycles. The minimum Gasteiger partial charge on any atom is -0.347 e. The third kappa shape index (κ3) is 11.9. The van der Waals surface area contributed by atoms with E-state index in [2.05, 4.69) is 92.8 Å². The first-order valence-corrected chi connectivity index (χ1v) is 14.2. The lowest BCUT2D eigenvalue weighted by atomic mass is 9.94. The Balaban J connectivity index is 0. The Labute approximate surface area is 239 Å². The highest BCUT2D eigenvalue weighted by Crippen LogP contribution is 2.31. The molecule has 0 saturated heterocycles. The molecule has 0 saturated carbocycles. The van der Waals surface area contributed by atoms with Gasteiger partial charge in [0.15, 0.2) is 11.2 Å². The van der Waals surface area contributed by atoms with Gasteiger partial charge in [0, 0.05) is 20.2 Å². The highest BCUT2D eigenvalue weighted by atomic mass is 16.1. The summed E-state index contributed by atoms with van der Waals surface area (Å²) >= 11 is 0. The van der Waals surface area contributed by atoms with Crippen LogP contribution < -0.4 is 5.43 Å². The number of ketones is 1. The predicted octanol–water partition coefficient (Wildman–Crippen LogP) is 10.3. The maximum Gasteiger partial charge on any atom is 0.193 e. The average molecular weight is 532 g/mol. The zero-order chi connectivity index (χ0) is 30.1. The van der Waals surface area contributed by atoms with Crippen LogP contribution in [0.25, 0.3) is 22.4 Å². The molecule has 3 aromatic rings. The largest absolute Gasteiger partial charge is 0.347 e. The summed E-state index contributed by atoms with van der Waals surface area (Å²) in [6.45, 7) is 28.8. The second kappa shape index (κ2) is 18.7. The van der Waals surface area contributed by atoms with Crippen LogP contribution in [-0.2, 0) is 6.54 Å². The van der Waals surface area contributed by atoms with E-state index in [1.165, 1.54) is 22.8 Å². The molecule has 0 unspecified atom stereocenters. The Bertz CT molecular complexity index is 1250. The number of allylic oxidation sites excluding steroid dienone is 2. The summed E-state index contributed by atoms with van der Waals surface area (Å²) in [5.41, 5.74) is 6.40. The third-order valence-electron chi connectivity index (χ3n) is 5.48. The summed E-state index contributed by atoms with van der Waals surface area (Å²) in [7, 11) is 0. The van der Waals surface area contributed by atoms with Crippen LogP contribution in [0.3, 0.4) is 0 Å². The Morgan fingerprint density at radius 3 is 1.95 bits per heavy atom. The van der Waals surface area contributed by atoms with Gasteiger partial charge in [0.2, 0.25) is 0 Å². The van der Waals surface area contributed by atoms with Crippen molar-refractivity contribution < 1.29 is 6.22 Å². The van der Waals surface area contributed by atoms with Gasteiger partial charge in [0.1, 0.15) is 0 Å². The number of aryl methyl sites for hydroxylation is 3. The van der Waals surface area contributed by atoms with Gasteiger partial charge >= 0.3 is 0 Å². The summed E-state index contributed by atoms with van der Waals surface area (Å²) < 4.78 is 1.99. The normalized spacial score (nSPS) is 9.85. The van der Waals surface area contributed by atoms with Crippen molar-refractivity contribution >= 4 is 5.78 Å². The monoisotopic (exact) mass is 531 g/mol. The number of rotatable bonds is 7. The minimum atomic E-state index is -0.342. The maximum atomic E-state index is 12.6. The molecule has 0 aliphatic heterocycles. The highest BCUT2D eigenvalue weighted by molar-refractivity contribution is 6.04. The maximum absolute atomic E-state index is 12.6. The van der Waals surface area contributed by atoms with Gasteiger partial charge in [-0.3, -0.25) is 9.59 Å². The van der Waals surface area contributed by atoms with E-state index in [0.29, 0.717) is 5.92 Å². The molecule has 2 aromatic carbocycles. The van der Waals surface area contributed by atoms with E-state index in [-0.39, 0.29) is 18.2 Å². The first kappa shape index (κ1) is 35.5. The first-order valence-electron chi connectivity index (χ1n) is 14.2. The summed E-state index contributed by atoms with van der Waals surface area (Å²) in [5.74, 6) is 1.14. The lowest BCUT2D eigenvalue weighted by molar-refractivity contribution is 0.104. The van der Waals surface area contributed by atoms with Gasteiger partial charge < -0.3 is 4.57 Å². The molecule has 0 bridgehead atoms. The van der Waals surface area contributed by atoms with E-state index in [0.717, 1.165) is 35.7 Å². The molecule has 0 N–H and O–H groups in total. The highest BCUT2D eigenvalue weighted by Gasteiger charge is 2.14. The average Bonchev–Trinajstić information content (AvgIpc) is 2.91. The topological polar surface area (TPSA) is 39.1 Å². The SMILES string of the molecule is C=CC(=O)c1cn(CCC)c(-c2ccc(C)c(-c3ccccc3C)c2)cc1=O.C=CC(C)C.CC.CC(C)C.[HH]. The molecule has 0 radical (unpaired) electrons. The van der Waals surface area contributed by atoms with E-state index >= 15 is 0 Å². The van der Waals surface area contributed by atoms with Crippen LogP contribution in [-0.4, -0.2) is 10.4 Å². The number of carbonyl (C=O) groups is 1. The molecule has 3 heteroatoms. The van der Waals surface area contributed by atoms with Gasteiger partial charge in [0.05, 0.1) is 11.3 Å². The molecule has 214 valence electrons. The lowest BCUT2D eigenvalue weighted by Crippen LogP contribution is -2.18. The van der Waals surface area contributed by atoms with Gasteiger partial charge in [-0.15, -0.1) is 6.58 Å². The molecule has 0 spiro atoms. The number of hydrogen-bond donors (Lipinski definition) is 0. The van der Waals surface area contributed by atoms with Crippen molar-refractivity contribution in [3.8, 4) is 22.4 Å². The van der Waals surface area contributed by atoms with Crippen molar-refractivity contribution in [2.75, 3.05) is 0 Å². The van der Waals surface area contributed by atoms with Crippen molar-refractivity contribution in [2.24, 2.45) is 11.8 Å². The van der Waals surface area contributed by atoms with Crippen LogP contribution in [0.2, 0.25) is 0 Å². The number of benzene rings is 2. The number of nitrogens with zero attached hydrogens (tertiary/aromatic N) is 1. The molecule has 1 aromatic heterocycles. The van der Waals surface area contributed by atoms with Crippen molar-refractivity contribution in [2.45, 2.75) is 82.2 Å². The predicted molar refractivity (Wildman–Crippen MR) is 175 cm³/mol. The molecular formula is C36H53NO2. The number of pyridine rings is 1. The van der Waals surface area contributed by atoms with E-state index in [1.807, 2.05) is 42.7 Å². The van der Waals surface area contributed by atoms with Gasteiger partial charge in [-0.1, -0.05) is 104 Å². The summed E-state index contributed by atoms with van der Waals surface area (Å²) in [6, 6.07) is 16.1. The number of hydrogen-bond acceptors (Lipinski definition) is 2. The fourth-order valence-electron chi connectivity index (χ4n) is 3.49. The summed E-state index contributed by atoms with van der Waals surface area (Å²) in [4.78, 5) is 24.6. The Hall–Kier alpha value is -3.46. The van der Waals surface area contributed by atoms with Crippen LogP contribution in [0.15, 0.2) is 84.8 Å². The van der Waals surface area contributed by atoms with Gasteiger partial charge in [-0.25, -0.2) is 0 Å². The Kier molecular flexibility index (Phi) is 17.1. The smallest absolute Gasteiger partial charge is 0.193 e. The van der Waals surface area contributed by atoms with E-state index < -0.39 is 0 Å². The van der Waals surface area contributed by atoms with Crippen LogP contribution >= 0.6 is 0 Å². The lowest BCUT2D eigenvalue weighted by Gasteiger charge is -2.17. The molecular weight excluding hydrogens is 478 g/mol. The van der Waals surface area contributed by atoms with Crippen molar-refractivity contribution in [1.29, 1.82) is 0 Å². The Morgan fingerprint density at radius 2 is 1.46 bits per heavy atom. The zero-order valence-corrected chi connectivity index (χ0v) is 26.1. The fraction of sp³-hybridized carbons (Fsp3) is 0.389. The zero-order valence-electron chi connectivity index (χ0n) is 26.1. The van der Waals surface area contributed by atoms with E-state index in [4.69, 9.17) is 0 Å². The molecule has 3 rings (SSSR count). The van der Waals surface area contributed by atoms with Crippen LogP contribution in [0.4, 0.5) is 0 Å². The van der Waals surface area contributed by atoms with Crippen molar-refractivity contribution in [3.05, 3.63) is 107 Å². The second-order valence-electron chi connectivity index (χ2n) is 10.3. The Morgan fingerprint density at radius 1 is 0.923 bits per heavy atom. The van der Waals surface area contributed by atoms with Gasteiger partial charge in [-0.05, 0) is 72.1 Å². The number of aromatic nitrogens is 1. The van der Waals surface area contributed by atoms with Crippen molar-refractivity contribution in [3.63, 3.8) is 0 Å². The minimum absolute atomic E-state index is 0. The number of carbonyl (C=O) groups excluding carboxylic acids is 1. The van der Waals surface area contributed by atoms with E-state index in [9.17, 15) is 9.59 Å². The molecule has 0 amide bonds. The second-order valence-corrected chi connectivity index (χ2v) is 10.3. The molecule has 0 atom stereocenters. The quantitative estimate of drug-likeness (QED) is 0.173. The standard InChI is InChI=1S/C25H25NO2.C5H10.C4H10.C2H6.H2/c1-5-13-26-16-22(24(27)6-2)25(28)15-23(26)19-12-11-18(4)21(14-19)20-10-8-7-9-17(20)3;1-4-5(2)3;1-4(2)3;1-2;/h6-12,14-16H,2,5,13H2,1,3-4H3;4-5H,1H2,2-3H3;4H,1-3H3;1-2H3;1H. The van der Waals surface area contributed by atoms with Crippen LogP contribution in [0, 0.1) is 25.7 Å². The van der Waals surface area contributed by atoms with Crippen LogP contribution in [0.5, 0.6) is 0 Å². The molecule has 0 aliphatic rings. The van der Waals surface area contributed by atoms with Crippen molar-refractivity contribution in [1.82, 2.24) is 4.57 Å².